The summed E-state index contributed by atoms with van der Waals surface area (Å²) in [6.07, 6.45) is 0. The van der Waals surface area contributed by atoms with Gasteiger partial charge in [0.2, 0.25) is 0 Å². The standard InChI is InChI=1S/C12H12INO2S2/c1-2-14(11-7-5-10(13)6-8-11)18(15,16)12-4-3-9-17-12/h3-9H,2H2,1H3. The monoisotopic (exact) mass is 393 g/mol. The molecule has 1 aromatic carbocycles. The molecular weight excluding hydrogens is 381 g/mol. The molecule has 6 heteroatoms. The molecule has 0 atom stereocenters. The molecule has 0 unspecified atom stereocenters. The minimum absolute atomic E-state index is 0.378. The Labute approximate surface area is 125 Å². The van der Waals surface area contributed by atoms with Gasteiger partial charge in [0.1, 0.15) is 4.21 Å². The van der Waals surface area contributed by atoms with Crippen LogP contribution in [0.2, 0.25) is 0 Å². The normalized spacial score (nSPS) is 11.4. The number of nitrogens with zero attached hydrogens (tertiary/aromatic N) is 1. The van der Waals surface area contributed by atoms with Gasteiger partial charge in [-0.3, -0.25) is 4.31 Å². The van der Waals surface area contributed by atoms with E-state index in [0.717, 1.165) is 3.57 Å². The number of rotatable bonds is 4. The molecule has 2 aromatic rings. The molecule has 0 aliphatic rings. The van der Waals surface area contributed by atoms with Gasteiger partial charge in [-0.25, -0.2) is 8.42 Å². The Morgan fingerprint density at radius 2 is 1.89 bits per heavy atom. The molecule has 0 radical (unpaired) electrons. The van der Waals surface area contributed by atoms with E-state index in [2.05, 4.69) is 22.6 Å². The van der Waals surface area contributed by atoms with E-state index in [1.165, 1.54) is 15.6 Å². The Kier molecular flexibility index (Phi) is 4.29. The molecule has 0 bridgehead atoms. The van der Waals surface area contributed by atoms with Gasteiger partial charge >= 0.3 is 0 Å². The highest BCUT2D eigenvalue weighted by Crippen LogP contribution is 2.26. The number of benzene rings is 1. The van der Waals surface area contributed by atoms with Crippen LogP contribution in [-0.4, -0.2) is 15.0 Å². The summed E-state index contributed by atoms with van der Waals surface area (Å²) < 4.78 is 27.8. The van der Waals surface area contributed by atoms with Gasteiger partial charge in [-0.15, -0.1) is 11.3 Å². The van der Waals surface area contributed by atoms with Gasteiger partial charge in [0.05, 0.1) is 5.69 Å². The molecule has 0 aliphatic carbocycles. The molecule has 3 nitrogen and oxygen atoms in total. The van der Waals surface area contributed by atoms with Gasteiger partial charge in [0.25, 0.3) is 10.0 Å². The molecule has 1 aromatic heterocycles. The first-order chi connectivity index (χ1) is 8.55. The summed E-state index contributed by atoms with van der Waals surface area (Å²) in [5.41, 5.74) is 0.700. The molecule has 0 amide bonds. The highest BCUT2D eigenvalue weighted by Gasteiger charge is 2.24. The van der Waals surface area contributed by atoms with Gasteiger partial charge in [0, 0.05) is 10.1 Å². The predicted octanol–water partition coefficient (Wildman–Crippen LogP) is 3.57. The number of anilines is 1. The first-order valence-corrected chi connectivity index (χ1v) is 8.77. The zero-order valence-corrected chi connectivity index (χ0v) is 13.5. The predicted molar refractivity (Wildman–Crippen MR) is 83.7 cm³/mol. The Morgan fingerprint density at radius 3 is 2.39 bits per heavy atom. The number of halogens is 1. The molecule has 18 heavy (non-hydrogen) atoms. The molecule has 0 fully saturated rings. The third-order valence-electron chi connectivity index (χ3n) is 2.44. The van der Waals surface area contributed by atoms with E-state index in [1.54, 1.807) is 17.5 Å². The minimum Gasteiger partial charge on any atom is -0.266 e. The van der Waals surface area contributed by atoms with Crippen LogP contribution >= 0.6 is 33.9 Å². The summed E-state index contributed by atoms with van der Waals surface area (Å²) >= 11 is 3.44. The Hall–Kier alpha value is -0.600. The van der Waals surface area contributed by atoms with E-state index in [1.807, 2.05) is 31.2 Å². The third-order valence-corrected chi connectivity index (χ3v) is 6.44. The fraction of sp³-hybridized carbons (Fsp3) is 0.167. The Balaban J connectivity index is 2.43. The van der Waals surface area contributed by atoms with E-state index in [4.69, 9.17) is 0 Å². The SMILES string of the molecule is CCN(c1ccc(I)cc1)S(=O)(=O)c1cccs1. The summed E-state index contributed by atoms with van der Waals surface area (Å²) in [4.78, 5) is 0. The summed E-state index contributed by atoms with van der Waals surface area (Å²) in [5, 5.41) is 1.77. The molecule has 96 valence electrons. The molecule has 0 aliphatic heterocycles. The maximum atomic E-state index is 12.4. The van der Waals surface area contributed by atoms with Crippen LogP contribution in [0, 0.1) is 3.57 Å². The summed E-state index contributed by atoms with van der Waals surface area (Å²) in [6, 6.07) is 10.9. The summed E-state index contributed by atoms with van der Waals surface area (Å²) in [7, 11) is -3.42. The van der Waals surface area contributed by atoms with Crippen LogP contribution in [-0.2, 0) is 10.0 Å². The molecule has 0 spiro atoms. The van der Waals surface area contributed by atoms with Crippen LogP contribution in [0.15, 0.2) is 46.0 Å². The maximum absolute atomic E-state index is 12.4. The molecule has 1 heterocycles. The average molecular weight is 393 g/mol. The van der Waals surface area contributed by atoms with E-state index in [-0.39, 0.29) is 0 Å². The third kappa shape index (κ3) is 2.70. The van der Waals surface area contributed by atoms with Crippen LogP contribution < -0.4 is 4.31 Å². The number of sulfonamides is 1. The van der Waals surface area contributed by atoms with Gasteiger partial charge in [-0.2, -0.15) is 0 Å². The molecule has 0 N–H and O–H groups in total. The second-order valence-electron chi connectivity index (χ2n) is 3.58. The van der Waals surface area contributed by atoms with Gasteiger partial charge in [-0.1, -0.05) is 6.07 Å². The van der Waals surface area contributed by atoms with Gasteiger partial charge in [0.15, 0.2) is 0 Å². The van der Waals surface area contributed by atoms with Gasteiger partial charge in [-0.05, 0) is 65.2 Å². The lowest BCUT2D eigenvalue weighted by molar-refractivity contribution is 0.594. The number of hydrogen-bond donors (Lipinski definition) is 0. The second kappa shape index (κ2) is 5.58. The lowest BCUT2D eigenvalue weighted by Crippen LogP contribution is -2.30. The molecular formula is C12H12INO2S2. The van der Waals surface area contributed by atoms with Crippen LogP contribution in [0.25, 0.3) is 0 Å². The van der Waals surface area contributed by atoms with Crippen molar-refractivity contribution in [2.75, 3.05) is 10.8 Å². The quantitative estimate of drug-likeness (QED) is 0.745. The highest BCUT2D eigenvalue weighted by atomic mass is 127. The fourth-order valence-electron chi connectivity index (χ4n) is 1.62. The van der Waals surface area contributed by atoms with Crippen LogP contribution in [0.3, 0.4) is 0 Å². The van der Waals surface area contributed by atoms with E-state index in [0.29, 0.717) is 16.4 Å². The maximum Gasteiger partial charge on any atom is 0.273 e. The van der Waals surface area contributed by atoms with E-state index >= 15 is 0 Å². The van der Waals surface area contributed by atoms with Crippen LogP contribution in [0.5, 0.6) is 0 Å². The largest absolute Gasteiger partial charge is 0.273 e. The summed E-state index contributed by atoms with van der Waals surface area (Å²) in [5.74, 6) is 0. The minimum atomic E-state index is -3.42. The molecule has 0 saturated heterocycles. The average Bonchev–Trinajstić information content (AvgIpc) is 2.86. The zero-order valence-electron chi connectivity index (χ0n) is 9.71. The van der Waals surface area contributed by atoms with Crippen molar-refractivity contribution in [1.29, 1.82) is 0 Å². The van der Waals surface area contributed by atoms with E-state index < -0.39 is 10.0 Å². The smallest absolute Gasteiger partial charge is 0.266 e. The van der Waals surface area contributed by atoms with Gasteiger partial charge < -0.3 is 0 Å². The number of hydrogen-bond acceptors (Lipinski definition) is 3. The van der Waals surface area contributed by atoms with Crippen molar-refractivity contribution in [3.63, 3.8) is 0 Å². The lowest BCUT2D eigenvalue weighted by atomic mass is 10.3. The zero-order chi connectivity index (χ0) is 13.2. The fourth-order valence-corrected chi connectivity index (χ4v) is 4.56. The second-order valence-corrected chi connectivity index (χ2v) is 7.86. The highest BCUT2D eigenvalue weighted by molar-refractivity contribution is 14.1. The van der Waals surface area contributed by atoms with Crippen molar-refractivity contribution in [2.24, 2.45) is 0 Å². The first-order valence-electron chi connectivity index (χ1n) is 5.37. The first kappa shape index (κ1) is 13.8. The summed E-state index contributed by atoms with van der Waals surface area (Å²) in [6.45, 7) is 2.25. The van der Waals surface area contributed by atoms with E-state index in [9.17, 15) is 8.42 Å². The van der Waals surface area contributed by atoms with Crippen LogP contribution in [0.4, 0.5) is 5.69 Å². The van der Waals surface area contributed by atoms with Crippen molar-refractivity contribution in [3.05, 3.63) is 45.3 Å². The number of thiophene rings is 1. The molecule has 0 saturated carbocycles. The Morgan fingerprint density at radius 1 is 1.22 bits per heavy atom. The van der Waals surface area contributed by atoms with Crippen LogP contribution in [0.1, 0.15) is 6.92 Å². The van der Waals surface area contributed by atoms with Crippen molar-refractivity contribution < 1.29 is 8.42 Å². The molecule has 2 rings (SSSR count). The topological polar surface area (TPSA) is 37.4 Å². The van der Waals surface area contributed by atoms with Crippen molar-refractivity contribution in [3.8, 4) is 0 Å². The lowest BCUT2D eigenvalue weighted by Gasteiger charge is -2.22. The van der Waals surface area contributed by atoms with Crippen molar-refractivity contribution >= 4 is 49.6 Å². The Bertz CT molecular complexity index is 606. The van der Waals surface area contributed by atoms with Crippen molar-refractivity contribution in [2.45, 2.75) is 11.1 Å². The van der Waals surface area contributed by atoms with Crippen molar-refractivity contribution in [1.82, 2.24) is 0 Å².